The lowest BCUT2D eigenvalue weighted by atomic mass is 9.99. The lowest BCUT2D eigenvalue weighted by molar-refractivity contribution is -0.137. The standard InChI is InChI=1S/C14H21NO4/c15-9-8-12(16)14(19)11-6-4-10(5-7-11)2-1-3-13(17)18/h4-7,12,14,16,19H,1-3,8-9,15H2,(H,17,18). The number of benzene rings is 1. The molecule has 5 heteroatoms. The van der Waals surface area contributed by atoms with Crippen LogP contribution in [0.25, 0.3) is 0 Å². The molecule has 1 aromatic carbocycles. The molecule has 0 aliphatic carbocycles. The van der Waals surface area contributed by atoms with Crippen molar-refractivity contribution in [2.75, 3.05) is 6.54 Å². The predicted molar refractivity (Wildman–Crippen MR) is 71.7 cm³/mol. The van der Waals surface area contributed by atoms with Gasteiger partial charge in [0, 0.05) is 6.42 Å². The summed E-state index contributed by atoms with van der Waals surface area (Å²) in [7, 11) is 0. The van der Waals surface area contributed by atoms with Crippen molar-refractivity contribution in [3.05, 3.63) is 35.4 Å². The van der Waals surface area contributed by atoms with E-state index in [1.165, 1.54) is 0 Å². The van der Waals surface area contributed by atoms with Gasteiger partial charge in [0.2, 0.25) is 0 Å². The average Bonchev–Trinajstić information content (AvgIpc) is 2.38. The summed E-state index contributed by atoms with van der Waals surface area (Å²) in [5.74, 6) is -0.794. The van der Waals surface area contributed by atoms with Crippen LogP contribution in [0.5, 0.6) is 0 Å². The van der Waals surface area contributed by atoms with E-state index in [0.717, 1.165) is 5.56 Å². The van der Waals surface area contributed by atoms with Crippen molar-refractivity contribution in [1.82, 2.24) is 0 Å². The molecule has 5 N–H and O–H groups in total. The zero-order valence-electron chi connectivity index (χ0n) is 10.8. The number of aliphatic carboxylic acids is 1. The Morgan fingerprint density at radius 3 is 2.37 bits per heavy atom. The molecule has 2 atom stereocenters. The zero-order valence-corrected chi connectivity index (χ0v) is 10.8. The summed E-state index contributed by atoms with van der Waals surface area (Å²) in [6.45, 7) is 0.325. The van der Waals surface area contributed by atoms with E-state index < -0.39 is 18.2 Å². The first kappa shape index (κ1) is 15.6. The molecule has 0 amide bonds. The highest BCUT2D eigenvalue weighted by molar-refractivity contribution is 5.66. The van der Waals surface area contributed by atoms with Crippen LogP contribution in [-0.4, -0.2) is 33.9 Å². The maximum absolute atomic E-state index is 10.4. The van der Waals surface area contributed by atoms with Crippen LogP contribution in [-0.2, 0) is 11.2 Å². The molecular formula is C14H21NO4. The first-order valence-corrected chi connectivity index (χ1v) is 6.41. The lowest BCUT2D eigenvalue weighted by Crippen LogP contribution is -2.21. The third-order valence-electron chi connectivity index (χ3n) is 3.00. The molecule has 0 aliphatic heterocycles. The number of nitrogens with two attached hydrogens (primary N) is 1. The molecule has 0 saturated heterocycles. The molecule has 0 heterocycles. The van der Waals surface area contributed by atoms with Crippen LogP contribution in [0.15, 0.2) is 24.3 Å². The number of carbonyl (C=O) groups is 1. The number of carboxylic acid groups (broad SMARTS) is 1. The average molecular weight is 267 g/mol. The second kappa shape index (κ2) is 7.89. The number of rotatable bonds is 8. The van der Waals surface area contributed by atoms with Gasteiger partial charge in [-0.05, 0) is 36.9 Å². The van der Waals surface area contributed by atoms with Crippen LogP contribution in [0.2, 0.25) is 0 Å². The van der Waals surface area contributed by atoms with Gasteiger partial charge in [0.25, 0.3) is 0 Å². The van der Waals surface area contributed by atoms with Crippen molar-refractivity contribution in [2.45, 2.75) is 37.9 Å². The number of aryl methyl sites for hydroxylation is 1. The SMILES string of the molecule is NCCC(O)C(O)c1ccc(CCCC(=O)O)cc1. The molecule has 1 rings (SSSR count). The summed E-state index contributed by atoms with van der Waals surface area (Å²) in [5.41, 5.74) is 6.99. The molecule has 0 aliphatic rings. The van der Waals surface area contributed by atoms with E-state index in [0.29, 0.717) is 31.4 Å². The molecule has 0 bridgehead atoms. The number of aliphatic hydroxyl groups is 2. The van der Waals surface area contributed by atoms with E-state index >= 15 is 0 Å². The van der Waals surface area contributed by atoms with Crippen LogP contribution in [0.1, 0.15) is 36.5 Å². The Kier molecular flexibility index (Phi) is 6.49. The minimum Gasteiger partial charge on any atom is -0.481 e. The highest BCUT2D eigenvalue weighted by Crippen LogP contribution is 2.19. The summed E-state index contributed by atoms with van der Waals surface area (Å²) in [6.07, 6.45) is -0.0122. The van der Waals surface area contributed by atoms with Crippen LogP contribution < -0.4 is 5.73 Å². The van der Waals surface area contributed by atoms with E-state index in [-0.39, 0.29) is 6.42 Å². The van der Waals surface area contributed by atoms with E-state index in [9.17, 15) is 15.0 Å². The Bertz CT molecular complexity index is 391. The Hall–Kier alpha value is -1.43. The van der Waals surface area contributed by atoms with Gasteiger partial charge in [-0.15, -0.1) is 0 Å². The molecule has 0 spiro atoms. The van der Waals surface area contributed by atoms with Gasteiger partial charge in [0.05, 0.1) is 6.10 Å². The normalized spacial score (nSPS) is 14.1. The molecule has 0 radical (unpaired) electrons. The quantitative estimate of drug-likeness (QED) is 0.558. The molecule has 1 aromatic rings. The van der Waals surface area contributed by atoms with E-state index in [1.807, 2.05) is 12.1 Å². The number of hydrogen-bond acceptors (Lipinski definition) is 4. The van der Waals surface area contributed by atoms with Crippen molar-refractivity contribution in [1.29, 1.82) is 0 Å². The minimum atomic E-state index is -0.934. The fourth-order valence-electron chi connectivity index (χ4n) is 1.88. The van der Waals surface area contributed by atoms with Gasteiger partial charge in [-0.25, -0.2) is 0 Å². The number of aliphatic hydroxyl groups excluding tert-OH is 2. The summed E-state index contributed by atoms with van der Waals surface area (Å²) in [4.78, 5) is 10.4. The van der Waals surface area contributed by atoms with Crippen molar-refractivity contribution >= 4 is 5.97 Å². The molecule has 19 heavy (non-hydrogen) atoms. The Morgan fingerprint density at radius 1 is 1.21 bits per heavy atom. The van der Waals surface area contributed by atoms with Gasteiger partial charge in [-0.2, -0.15) is 0 Å². The van der Waals surface area contributed by atoms with Gasteiger partial charge in [-0.1, -0.05) is 24.3 Å². The number of carboxylic acids is 1. The summed E-state index contributed by atoms with van der Waals surface area (Å²) >= 11 is 0. The third kappa shape index (κ3) is 5.38. The van der Waals surface area contributed by atoms with Crippen LogP contribution in [0.4, 0.5) is 0 Å². The van der Waals surface area contributed by atoms with Crippen molar-refractivity contribution in [2.24, 2.45) is 5.73 Å². The van der Waals surface area contributed by atoms with Gasteiger partial charge in [0.15, 0.2) is 0 Å². The molecule has 106 valence electrons. The Morgan fingerprint density at radius 2 is 1.84 bits per heavy atom. The molecule has 0 fully saturated rings. The maximum atomic E-state index is 10.4. The molecule has 2 unspecified atom stereocenters. The van der Waals surface area contributed by atoms with E-state index in [2.05, 4.69) is 0 Å². The number of hydrogen-bond donors (Lipinski definition) is 4. The van der Waals surface area contributed by atoms with Gasteiger partial charge in [-0.3, -0.25) is 4.79 Å². The minimum absolute atomic E-state index is 0.152. The lowest BCUT2D eigenvalue weighted by Gasteiger charge is -2.17. The predicted octanol–water partition coefficient (Wildman–Crippen LogP) is 0.837. The van der Waals surface area contributed by atoms with Crippen molar-refractivity contribution < 1.29 is 20.1 Å². The largest absolute Gasteiger partial charge is 0.481 e. The van der Waals surface area contributed by atoms with Crippen molar-refractivity contribution in [3.8, 4) is 0 Å². The first-order valence-electron chi connectivity index (χ1n) is 6.41. The van der Waals surface area contributed by atoms with Crippen molar-refractivity contribution in [3.63, 3.8) is 0 Å². The second-order valence-corrected chi connectivity index (χ2v) is 4.58. The fraction of sp³-hybridized carbons (Fsp3) is 0.500. The smallest absolute Gasteiger partial charge is 0.303 e. The summed E-state index contributed by atoms with van der Waals surface area (Å²) in [6, 6.07) is 7.19. The van der Waals surface area contributed by atoms with Gasteiger partial charge < -0.3 is 21.1 Å². The molecular weight excluding hydrogens is 246 g/mol. The topological polar surface area (TPSA) is 104 Å². The van der Waals surface area contributed by atoms with Crippen LogP contribution >= 0.6 is 0 Å². The fourth-order valence-corrected chi connectivity index (χ4v) is 1.88. The summed E-state index contributed by atoms with van der Waals surface area (Å²) in [5, 5.41) is 28.1. The highest BCUT2D eigenvalue weighted by Gasteiger charge is 2.17. The van der Waals surface area contributed by atoms with E-state index in [1.54, 1.807) is 12.1 Å². The molecule has 0 saturated carbocycles. The highest BCUT2D eigenvalue weighted by atomic mass is 16.4. The Labute approximate surface area is 112 Å². The maximum Gasteiger partial charge on any atom is 0.303 e. The third-order valence-corrected chi connectivity index (χ3v) is 3.00. The Balaban J connectivity index is 2.53. The monoisotopic (exact) mass is 267 g/mol. The van der Waals surface area contributed by atoms with Crippen LogP contribution in [0, 0.1) is 0 Å². The second-order valence-electron chi connectivity index (χ2n) is 4.58. The zero-order chi connectivity index (χ0) is 14.3. The van der Waals surface area contributed by atoms with Gasteiger partial charge in [0.1, 0.15) is 6.10 Å². The first-order chi connectivity index (χ1) is 9.04. The summed E-state index contributed by atoms with van der Waals surface area (Å²) < 4.78 is 0. The molecule has 5 nitrogen and oxygen atoms in total. The van der Waals surface area contributed by atoms with Crippen LogP contribution in [0.3, 0.4) is 0 Å². The molecule has 0 aromatic heterocycles. The van der Waals surface area contributed by atoms with E-state index in [4.69, 9.17) is 10.8 Å². The van der Waals surface area contributed by atoms with Gasteiger partial charge >= 0.3 is 5.97 Å².